The number of imidazole rings is 1. The molecular formula is C14H27N3O3SSi. The van der Waals surface area contributed by atoms with Crippen LogP contribution >= 0.6 is 0 Å². The van der Waals surface area contributed by atoms with Gasteiger partial charge in [-0.15, -0.1) is 0 Å². The number of aromatic nitrogens is 2. The molecule has 1 aromatic heterocycles. The molecule has 0 atom stereocenters. The van der Waals surface area contributed by atoms with E-state index in [-0.39, 0.29) is 5.04 Å². The van der Waals surface area contributed by atoms with Crippen molar-refractivity contribution in [1.29, 1.82) is 0 Å². The van der Waals surface area contributed by atoms with Crippen LogP contribution in [0.25, 0.3) is 6.08 Å². The second-order valence-corrected chi connectivity index (χ2v) is 13.7. The van der Waals surface area contributed by atoms with E-state index >= 15 is 0 Å². The topological polar surface area (TPSA) is 64.4 Å². The summed E-state index contributed by atoms with van der Waals surface area (Å²) in [6, 6.07) is 0. The number of rotatable bonds is 6. The number of nitrogens with zero attached hydrogens (tertiary/aromatic N) is 3. The van der Waals surface area contributed by atoms with Crippen LogP contribution in [-0.4, -0.2) is 50.7 Å². The first-order valence-electron chi connectivity index (χ1n) is 7.15. The minimum Gasteiger partial charge on any atom is -0.413 e. The number of hydrogen-bond acceptors (Lipinski definition) is 4. The molecule has 22 heavy (non-hydrogen) atoms. The molecule has 0 unspecified atom stereocenters. The van der Waals surface area contributed by atoms with Crippen LogP contribution in [-0.2, 0) is 14.6 Å². The molecule has 6 nitrogen and oxygen atoms in total. The third-order valence-electron chi connectivity index (χ3n) is 3.94. The fourth-order valence-corrected chi connectivity index (χ4v) is 3.09. The van der Waals surface area contributed by atoms with Gasteiger partial charge in [-0.3, -0.25) is 0 Å². The molecule has 0 aliphatic carbocycles. The zero-order chi connectivity index (χ0) is 17.2. The van der Waals surface area contributed by atoms with Crippen LogP contribution in [0.15, 0.2) is 18.6 Å². The molecule has 0 amide bonds. The Bertz CT molecular complexity index is 628. The standard InChI is InChI=1S/C14H27N3O3SSi/c1-14(2,3)22(6,7)20-10-8-9-13-11-17(12-15-13)21(18,19)16(4)5/h8-9,11-12H,10H2,1-7H3/b9-8+. The molecule has 0 aromatic carbocycles. The Morgan fingerprint density at radius 2 is 1.95 bits per heavy atom. The van der Waals surface area contributed by atoms with Gasteiger partial charge in [0.15, 0.2) is 8.32 Å². The molecule has 0 aliphatic rings. The zero-order valence-corrected chi connectivity index (χ0v) is 16.3. The SMILES string of the molecule is CN(C)S(=O)(=O)n1cnc(/C=C/CO[Si](C)(C)C(C)(C)C)c1. The fourth-order valence-electron chi connectivity index (χ4n) is 1.36. The maximum Gasteiger partial charge on any atom is 0.308 e. The average molecular weight is 346 g/mol. The lowest BCUT2D eigenvalue weighted by Crippen LogP contribution is -2.40. The van der Waals surface area contributed by atoms with Gasteiger partial charge in [-0.2, -0.15) is 12.7 Å². The van der Waals surface area contributed by atoms with Crippen LogP contribution in [0.1, 0.15) is 26.5 Å². The van der Waals surface area contributed by atoms with Crippen LogP contribution in [0.5, 0.6) is 0 Å². The summed E-state index contributed by atoms with van der Waals surface area (Å²) in [4.78, 5) is 4.07. The Balaban J connectivity index is 2.69. The van der Waals surface area contributed by atoms with E-state index in [1.54, 1.807) is 6.08 Å². The highest BCUT2D eigenvalue weighted by Crippen LogP contribution is 2.36. The molecule has 0 spiro atoms. The lowest BCUT2D eigenvalue weighted by atomic mass is 10.2. The third-order valence-corrected chi connectivity index (χ3v) is 10.1. The van der Waals surface area contributed by atoms with Gasteiger partial charge in [0.25, 0.3) is 0 Å². The van der Waals surface area contributed by atoms with Crippen LogP contribution in [0.2, 0.25) is 18.1 Å². The van der Waals surface area contributed by atoms with E-state index in [1.165, 1.54) is 26.6 Å². The van der Waals surface area contributed by atoms with Crippen LogP contribution in [0.3, 0.4) is 0 Å². The smallest absolute Gasteiger partial charge is 0.308 e. The summed E-state index contributed by atoms with van der Waals surface area (Å²) in [5.41, 5.74) is 0.587. The predicted molar refractivity (Wildman–Crippen MR) is 92.4 cm³/mol. The van der Waals surface area contributed by atoms with Crippen molar-refractivity contribution in [2.75, 3.05) is 20.7 Å². The highest BCUT2D eigenvalue weighted by Gasteiger charge is 2.36. The van der Waals surface area contributed by atoms with E-state index in [4.69, 9.17) is 4.43 Å². The van der Waals surface area contributed by atoms with Gasteiger partial charge in [0.2, 0.25) is 0 Å². The predicted octanol–water partition coefficient (Wildman–Crippen LogP) is 2.57. The quantitative estimate of drug-likeness (QED) is 0.743. The van der Waals surface area contributed by atoms with E-state index in [2.05, 4.69) is 38.8 Å². The first-order valence-corrected chi connectivity index (χ1v) is 11.5. The second-order valence-electron chi connectivity index (χ2n) is 6.89. The molecule has 126 valence electrons. The molecule has 0 radical (unpaired) electrons. The molecule has 0 N–H and O–H groups in total. The third kappa shape index (κ3) is 4.51. The summed E-state index contributed by atoms with van der Waals surface area (Å²) < 4.78 is 32.1. The Hall–Kier alpha value is -0.963. The largest absolute Gasteiger partial charge is 0.413 e. The van der Waals surface area contributed by atoms with Crippen molar-refractivity contribution in [1.82, 2.24) is 13.3 Å². The molecular weight excluding hydrogens is 318 g/mol. The van der Waals surface area contributed by atoms with Gasteiger partial charge in [-0.05, 0) is 24.2 Å². The van der Waals surface area contributed by atoms with Gasteiger partial charge in [0.1, 0.15) is 6.33 Å². The summed E-state index contributed by atoms with van der Waals surface area (Å²) in [6.45, 7) is 11.5. The lowest BCUT2D eigenvalue weighted by Gasteiger charge is -2.35. The molecule has 0 saturated heterocycles. The van der Waals surface area contributed by atoms with Crippen LogP contribution < -0.4 is 0 Å². The lowest BCUT2D eigenvalue weighted by molar-refractivity contribution is 0.328. The van der Waals surface area contributed by atoms with Crippen molar-refractivity contribution in [3.63, 3.8) is 0 Å². The van der Waals surface area contributed by atoms with Crippen molar-refractivity contribution < 1.29 is 12.8 Å². The normalized spacial score (nSPS) is 14.2. The Morgan fingerprint density at radius 3 is 2.45 bits per heavy atom. The molecule has 0 fully saturated rings. The van der Waals surface area contributed by atoms with E-state index < -0.39 is 18.5 Å². The first kappa shape index (κ1) is 19.1. The van der Waals surface area contributed by atoms with Gasteiger partial charge in [-0.25, -0.2) is 8.96 Å². The molecule has 8 heteroatoms. The molecule has 1 heterocycles. The van der Waals surface area contributed by atoms with Gasteiger partial charge in [-0.1, -0.05) is 26.8 Å². The van der Waals surface area contributed by atoms with E-state index in [0.29, 0.717) is 12.3 Å². The Kier molecular flexibility index (Phi) is 5.77. The summed E-state index contributed by atoms with van der Waals surface area (Å²) in [6.07, 6.45) is 6.42. The maximum atomic E-state index is 11.9. The molecule has 1 aromatic rings. The summed E-state index contributed by atoms with van der Waals surface area (Å²) in [7, 11) is -2.29. The van der Waals surface area contributed by atoms with Crippen LogP contribution in [0, 0.1) is 0 Å². The minimum atomic E-state index is -3.50. The highest BCUT2D eigenvalue weighted by atomic mass is 32.2. The average Bonchev–Trinajstić information content (AvgIpc) is 2.82. The number of hydrogen-bond donors (Lipinski definition) is 0. The summed E-state index contributed by atoms with van der Waals surface area (Å²) >= 11 is 0. The Morgan fingerprint density at radius 1 is 1.36 bits per heavy atom. The van der Waals surface area contributed by atoms with Crippen molar-refractivity contribution >= 4 is 24.6 Å². The molecule has 0 saturated carbocycles. The summed E-state index contributed by atoms with van der Waals surface area (Å²) in [5, 5.41) is 0.169. The molecule has 0 aliphatic heterocycles. The monoisotopic (exact) mass is 345 g/mol. The van der Waals surface area contributed by atoms with Gasteiger partial charge in [0.05, 0.1) is 12.3 Å². The van der Waals surface area contributed by atoms with E-state index in [9.17, 15) is 8.42 Å². The van der Waals surface area contributed by atoms with Crippen molar-refractivity contribution in [3.05, 3.63) is 24.3 Å². The zero-order valence-electron chi connectivity index (χ0n) is 14.5. The minimum absolute atomic E-state index is 0.169. The van der Waals surface area contributed by atoms with Crippen molar-refractivity contribution in [3.8, 4) is 0 Å². The molecule has 0 bridgehead atoms. The van der Waals surface area contributed by atoms with Gasteiger partial charge >= 0.3 is 10.2 Å². The van der Waals surface area contributed by atoms with E-state index in [0.717, 1.165) is 8.28 Å². The van der Waals surface area contributed by atoms with Crippen molar-refractivity contribution in [2.24, 2.45) is 0 Å². The first-order chi connectivity index (χ1) is 9.88. The fraction of sp³-hybridized carbons (Fsp3) is 0.643. The Labute approximate surface area is 135 Å². The van der Waals surface area contributed by atoms with Crippen molar-refractivity contribution in [2.45, 2.75) is 38.9 Å². The molecule has 1 rings (SSSR count). The highest BCUT2D eigenvalue weighted by molar-refractivity contribution is 7.87. The second kappa shape index (κ2) is 6.65. The van der Waals surface area contributed by atoms with Gasteiger partial charge in [0, 0.05) is 20.3 Å². The van der Waals surface area contributed by atoms with E-state index in [1.807, 2.05) is 6.08 Å². The van der Waals surface area contributed by atoms with Crippen LogP contribution in [0.4, 0.5) is 0 Å². The van der Waals surface area contributed by atoms with Gasteiger partial charge < -0.3 is 4.43 Å². The summed E-state index contributed by atoms with van der Waals surface area (Å²) in [5.74, 6) is 0. The maximum absolute atomic E-state index is 11.9.